The van der Waals surface area contributed by atoms with Gasteiger partial charge in [-0.2, -0.15) is 0 Å². The summed E-state index contributed by atoms with van der Waals surface area (Å²) in [5.74, 6) is -0.116. The van der Waals surface area contributed by atoms with Crippen LogP contribution in [0.2, 0.25) is 0 Å². The van der Waals surface area contributed by atoms with E-state index in [4.69, 9.17) is 4.74 Å². The van der Waals surface area contributed by atoms with Crippen LogP contribution in [0.1, 0.15) is 27.9 Å². The fourth-order valence-electron chi connectivity index (χ4n) is 3.72. The van der Waals surface area contributed by atoms with Gasteiger partial charge in [0.25, 0.3) is 11.5 Å². The van der Waals surface area contributed by atoms with E-state index in [1.807, 2.05) is 37.3 Å². The SMILES string of the molecule is Cc1cn(C)c(=O)c2c(C(=O)N3CCC(OCc4ccccc4)C3)c[nH]c12. The molecule has 1 amide bonds. The molecule has 3 aromatic rings. The van der Waals surface area contributed by atoms with Crippen molar-refractivity contribution in [2.75, 3.05) is 13.1 Å². The molecule has 1 atom stereocenters. The quantitative estimate of drug-likeness (QED) is 0.773. The maximum absolute atomic E-state index is 13.0. The number of amides is 1. The molecule has 1 unspecified atom stereocenters. The Kier molecular flexibility index (Phi) is 4.58. The van der Waals surface area contributed by atoms with Gasteiger partial charge in [-0.25, -0.2) is 0 Å². The van der Waals surface area contributed by atoms with Gasteiger partial charge >= 0.3 is 0 Å². The number of nitrogens with one attached hydrogen (secondary N) is 1. The highest BCUT2D eigenvalue weighted by atomic mass is 16.5. The summed E-state index contributed by atoms with van der Waals surface area (Å²) in [5, 5.41) is 0.469. The molecule has 0 spiro atoms. The van der Waals surface area contributed by atoms with Crippen LogP contribution < -0.4 is 5.56 Å². The number of rotatable bonds is 4. The Morgan fingerprint density at radius 3 is 2.85 bits per heavy atom. The van der Waals surface area contributed by atoms with Crippen LogP contribution in [0.25, 0.3) is 10.9 Å². The normalized spacial score (nSPS) is 17.0. The van der Waals surface area contributed by atoms with E-state index in [0.29, 0.717) is 30.6 Å². The first-order valence-corrected chi connectivity index (χ1v) is 9.16. The smallest absolute Gasteiger partial charge is 0.260 e. The molecule has 1 fully saturated rings. The predicted molar refractivity (Wildman–Crippen MR) is 104 cm³/mol. The topological polar surface area (TPSA) is 67.3 Å². The van der Waals surface area contributed by atoms with Crippen molar-refractivity contribution >= 4 is 16.8 Å². The van der Waals surface area contributed by atoms with E-state index in [0.717, 1.165) is 23.1 Å². The molecular formula is C21H23N3O3. The zero-order valence-corrected chi connectivity index (χ0v) is 15.6. The molecule has 3 heterocycles. The number of benzene rings is 1. The largest absolute Gasteiger partial charge is 0.372 e. The summed E-state index contributed by atoms with van der Waals surface area (Å²) in [6.45, 7) is 3.65. The number of carbonyl (C=O) groups excluding carboxylic acids is 1. The molecule has 1 aromatic carbocycles. The molecule has 140 valence electrons. The lowest BCUT2D eigenvalue weighted by atomic mass is 10.1. The van der Waals surface area contributed by atoms with Gasteiger partial charge in [-0.3, -0.25) is 9.59 Å². The fourth-order valence-corrected chi connectivity index (χ4v) is 3.72. The summed E-state index contributed by atoms with van der Waals surface area (Å²) in [7, 11) is 1.71. The van der Waals surface area contributed by atoms with Crippen LogP contribution in [-0.2, 0) is 18.4 Å². The van der Waals surface area contributed by atoms with Gasteiger partial charge in [-0.1, -0.05) is 30.3 Å². The monoisotopic (exact) mass is 365 g/mol. The lowest BCUT2D eigenvalue weighted by Crippen LogP contribution is -2.31. The van der Waals surface area contributed by atoms with Gasteiger partial charge in [0.05, 0.1) is 29.2 Å². The number of aromatic nitrogens is 2. The molecule has 0 bridgehead atoms. The molecule has 6 nitrogen and oxygen atoms in total. The second kappa shape index (κ2) is 7.04. The average Bonchev–Trinajstić information content (AvgIpc) is 3.32. The van der Waals surface area contributed by atoms with Gasteiger partial charge in [-0.05, 0) is 24.5 Å². The minimum Gasteiger partial charge on any atom is -0.372 e. The number of nitrogens with zero attached hydrogens (tertiary/aromatic N) is 2. The van der Waals surface area contributed by atoms with Gasteiger partial charge in [0, 0.05) is 32.5 Å². The van der Waals surface area contributed by atoms with E-state index < -0.39 is 0 Å². The number of aromatic amines is 1. The molecule has 1 aliphatic heterocycles. The van der Waals surface area contributed by atoms with Gasteiger partial charge in [0.2, 0.25) is 0 Å². The third kappa shape index (κ3) is 3.28. The Morgan fingerprint density at radius 1 is 1.30 bits per heavy atom. The fraction of sp³-hybridized carbons (Fsp3) is 0.333. The van der Waals surface area contributed by atoms with Gasteiger partial charge in [-0.15, -0.1) is 0 Å². The number of likely N-dealkylation sites (tertiary alicyclic amines) is 1. The number of pyridine rings is 1. The van der Waals surface area contributed by atoms with E-state index in [1.165, 1.54) is 4.57 Å². The standard InChI is InChI=1S/C21H23N3O3/c1-14-11-23(2)21(26)18-17(10-22-19(14)18)20(25)24-9-8-16(12-24)27-13-15-6-4-3-5-7-15/h3-7,10-11,16,22H,8-9,12-13H2,1-2H3. The van der Waals surface area contributed by atoms with Crippen LogP contribution in [0.3, 0.4) is 0 Å². The van der Waals surface area contributed by atoms with Crippen molar-refractivity contribution in [3.05, 3.63) is 69.8 Å². The van der Waals surface area contributed by atoms with Crippen LogP contribution in [-0.4, -0.2) is 39.6 Å². The number of carbonyl (C=O) groups is 1. The molecule has 0 saturated carbocycles. The summed E-state index contributed by atoms with van der Waals surface area (Å²) < 4.78 is 7.49. The molecule has 6 heteroatoms. The minimum atomic E-state index is -0.156. The van der Waals surface area contributed by atoms with Crippen molar-refractivity contribution in [1.29, 1.82) is 0 Å². The van der Waals surface area contributed by atoms with Crippen LogP contribution in [0, 0.1) is 6.92 Å². The zero-order chi connectivity index (χ0) is 19.0. The van der Waals surface area contributed by atoms with Crippen LogP contribution in [0.15, 0.2) is 47.5 Å². The second-order valence-corrected chi connectivity index (χ2v) is 7.14. The number of H-pyrrole nitrogens is 1. The Balaban J connectivity index is 1.50. The van der Waals surface area contributed by atoms with Crippen molar-refractivity contribution in [2.24, 2.45) is 7.05 Å². The van der Waals surface area contributed by atoms with E-state index in [-0.39, 0.29) is 17.6 Å². The van der Waals surface area contributed by atoms with Crippen molar-refractivity contribution in [2.45, 2.75) is 26.1 Å². The van der Waals surface area contributed by atoms with Gasteiger partial charge < -0.3 is 19.2 Å². The first-order chi connectivity index (χ1) is 13.0. The first kappa shape index (κ1) is 17.5. The van der Waals surface area contributed by atoms with Crippen molar-refractivity contribution in [1.82, 2.24) is 14.5 Å². The van der Waals surface area contributed by atoms with Gasteiger partial charge in [0.1, 0.15) is 0 Å². The predicted octanol–water partition coefficient (Wildman–Crippen LogP) is 2.61. The number of hydrogen-bond donors (Lipinski definition) is 1. The molecule has 2 aromatic heterocycles. The summed E-state index contributed by atoms with van der Waals surface area (Å²) in [4.78, 5) is 30.4. The average molecular weight is 365 g/mol. The molecule has 27 heavy (non-hydrogen) atoms. The van der Waals surface area contributed by atoms with E-state index in [2.05, 4.69) is 4.98 Å². The Bertz CT molecular complexity index is 1040. The van der Waals surface area contributed by atoms with E-state index in [1.54, 1.807) is 24.3 Å². The van der Waals surface area contributed by atoms with E-state index in [9.17, 15) is 9.59 Å². The molecule has 0 radical (unpaired) electrons. The van der Waals surface area contributed by atoms with Crippen molar-refractivity contribution in [3.8, 4) is 0 Å². The molecular weight excluding hydrogens is 342 g/mol. The highest BCUT2D eigenvalue weighted by molar-refractivity contribution is 6.07. The van der Waals surface area contributed by atoms with Crippen LogP contribution in [0.4, 0.5) is 0 Å². The maximum atomic E-state index is 13.0. The molecule has 1 N–H and O–H groups in total. The second-order valence-electron chi connectivity index (χ2n) is 7.14. The summed E-state index contributed by atoms with van der Waals surface area (Å²) >= 11 is 0. The number of aryl methyl sites for hydroxylation is 2. The number of fused-ring (bicyclic) bond motifs is 1. The molecule has 4 rings (SSSR count). The first-order valence-electron chi connectivity index (χ1n) is 9.16. The third-order valence-electron chi connectivity index (χ3n) is 5.19. The van der Waals surface area contributed by atoms with Crippen LogP contribution in [0.5, 0.6) is 0 Å². The lowest BCUT2D eigenvalue weighted by molar-refractivity contribution is 0.0438. The highest BCUT2D eigenvalue weighted by Crippen LogP contribution is 2.22. The molecule has 1 aliphatic rings. The van der Waals surface area contributed by atoms with Crippen LogP contribution >= 0.6 is 0 Å². The van der Waals surface area contributed by atoms with Gasteiger partial charge in [0.15, 0.2) is 0 Å². The molecule has 0 aliphatic carbocycles. The number of hydrogen-bond acceptors (Lipinski definition) is 3. The maximum Gasteiger partial charge on any atom is 0.260 e. The summed E-state index contributed by atoms with van der Waals surface area (Å²) in [5.41, 5.74) is 3.08. The third-order valence-corrected chi connectivity index (χ3v) is 5.19. The summed E-state index contributed by atoms with van der Waals surface area (Å²) in [6, 6.07) is 10.0. The summed E-state index contributed by atoms with van der Waals surface area (Å²) in [6.07, 6.45) is 4.25. The van der Waals surface area contributed by atoms with Crippen molar-refractivity contribution < 1.29 is 9.53 Å². The minimum absolute atomic E-state index is 0.0175. The Hall–Kier alpha value is -2.86. The van der Waals surface area contributed by atoms with E-state index >= 15 is 0 Å². The molecule has 1 saturated heterocycles. The number of ether oxygens (including phenoxy) is 1. The highest BCUT2D eigenvalue weighted by Gasteiger charge is 2.29. The lowest BCUT2D eigenvalue weighted by Gasteiger charge is -2.16. The zero-order valence-electron chi connectivity index (χ0n) is 15.6. The Morgan fingerprint density at radius 2 is 2.07 bits per heavy atom. The van der Waals surface area contributed by atoms with Crippen molar-refractivity contribution in [3.63, 3.8) is 0 Å². The Labute approximate surface area is 157 Å².